The van der Waals surface area contributed by atoms with Crippen molar-refractivity contribution in [3.63, 3.8) is 0 Å². The maximum Gasteiger partial charge on any atom is 0.274 e. The average molecular weight is 376 g/mol. The third kappa shape index (κ3) is 4.85. The molecular weight excluding hydrogens is 352 g/mol. The van der Waals surface area contributed by atoms with Crippen molar-refractivity contribution in [1.82, 2.24) is 9.97 Å². The number of benzene rings is 2. The van der Waals surface area contributed by atoms with Crippen LogP contribution in [0.5, 0.6) is 5.75 Å². The normalized spacial score (nSPS) is 10.4. The van der Waals surface area contributed by atoms with E-state index in [4.69, 9.17) is 4.74 Å². The van der Waals surface area contributed by atoms with Gasteiger partial charge in [0.1, 0.15) is 11.4 Å². The Morgan fingerprint density at radius 1 is 1.04 bits per heavy atom. The Kier molecular flexibility index (Phi) is 6.22. The molecule has 0 fully saturated rings. The molecule has 144 valence electrons. The number of rotatable bonds is 7. The molecule has 0 unspecified atom stereocenters. The van der Waals surface area contributed by atoms with E-state index in [0.29, 0.717) is 29.7 Å². The van der Waals surface area contributed by atoms with Gasteiger partial charge < -0.3 is 15.4 Å². The van der Waals surface area contributed by atoms with Crippen LogP contribution < -0.4 is 15.4 Å². The first kappa shape index (κ1) is 19.4. The SMILES string of the molecule is CCOc1ccccc1Nc1nc(C)cc(C(=O)Nc2ccc(CC)cc2)n1. The molecule has 0 aliphatic rings. The summed E-state index contributed by atoms with van der Waals surface area (Å²) in [7, 11) is 0. The van der Waals surface area contributed by atoms with Crippen LogP contribution in [0, 0.1) is 6.92 Å². The van der Waals surface area contributed by atoms with Gasteiger partial charge in [-0.25, -0.2) is 9.97 Å². The van der Waals surface area contributed by atoms with Crippen molar-refractivity contribution in [1.29, 1.82) is 0 Å². The summed E-state index contributed by atoms with van der Waals surface area (Å²) >= 11 is 0. The van der Waals surface area contributed by atoms with E-state index < -0.39 is 0 Å². The molecular formula is C22H24N4O2. The van der Waals surface area contributed by atoms with Gasteiger partial charge in [-0.1, -0.05) is 31.2 Å². The summed E-state index contributed by atoms with van der Waals surface area (Å²) in [5, 5.41) is 6.02. The first-order chi connectivity index (χ1) is 13.6. The summed E-state index contributed by atoms with van der Waals surface area (Å²) in [6.07, 6.45) is 0.956. The largest absolute Gasteiger partial charge is 0.492 e. The lowest BCUT2D eigenvalue weighted by atomic mass is 10.1. The fourth-order valence-electron chi connectivity index (χ4n) is 2.73. The van der Waals surface area contributed by atoms with E-state index in [1.807, 2.05) is 62.4 Å². The van der Waals surface area contributed by atoms with E-state index in [1.165, 1.54) is 5.56 Å². The number of nitrogens with zero attached hydrogens (tertiary/aromatic N) is 2. The number of ether oxygens (including phenoxy) is 1. The molecule has 0 aliphatic carbocycles. The highest BCUT2D eigenvalue weighted by Crippen LogP contribution is 2.26. The summed E-state index contributed by atoms with van der Waals surface area (Å²) in [5.41, 5.74) is 3.68. The number of amides is 1. The number of carbonyl (C=O) groups is 1. The van der Waals surface area contributed by atoms with Gasteiger partial charge in [0, 0.05) is 11.4 Å². The molecule has 0 atom stereocenters. The molecule has 0 saturated heterocycles. The number of aromatic nitrogens is 2. The molecule has 1 amide bonds. The highest BCUT2D eigenvalue weighted by atomic mass is 16.5. The molecule has 2 N–H and O–H groups in total. The summed E-state index contributed by atoms with van der Waals surface area (Å²) in [5.74, 6) is 0.770. The van der Waals surface area contributed by atoms with Crippen LogP contribution in [-0.4, -0.2) is 22.5 Å². The number of anilines is 3. The maximum absolute atomic E-state index is 12.6. The van der Waals surface area contributed by atoms with Crippen molar-refractivity contribution < 1.29 is 9.53 Å². The van der Waals surface area contributed by atoms with Crippen molar-refractivity contribution >= 4 is 23.2 Å². The van der Waals surface area contributed by atoms with E-state index in [2.05, 4.69) is 27.5 Å². The van der Waals surface area contributed by atoms with Gasteiger partial charge in [-0.15, -0.1) is 0 Å². The average Bonchev–Trinajstić information content (AvgIpc) is 2.70. The van der Waals surface area contributed by atoms with Crippen LogP contribution in [-0.2, 0) is 6.42 Å². The molecule has 6 heteroatoms. The minimum atomic E-state index is -0.282. The summed E-state index contributed by atoms with van der Waals surface area (Å²) in [6, 6.07) is 17.0. The number of hydrogen-bond donors (Lipinski definition) is 2. The molecule has 3 rings (SSSR count). The zero-order valence-electron chi connectivity index (χ0n) is 16.3. The van der Waals surface area contributed by atoms with Crippen molar-refractivity contribution in [2.75, 3.05) is 17.2 Å². The number of hydrogen-bond acceptors (Lipinski definition) is 5. The molecule has 1 heterocycles. The fraction of sp³-hybridized carbons (Fsp3) is 0.227. The number of carbonyl (C=O) groups excluding carboxylic acids is 1. The molecule has 2 aromatic carbocycles. The lowest BCUT2D eigenvalue weighted by Crippen LogP contribution is -2.15. The molecule has 1 aromatic heterocycles. The van der Waals surface area contributed by atoms with Gasteiger partial charge in [0.05, 0.1) is 12.3 Å². The lowest BCUT2D eigenvalue weighted by Gasteiger charge is -2.12. The summed E-state index contributed by atoms with van der Waals surface area (Å²) in [6.45, 7) is 6.40. The van der Waals surface area contributed by atoms with Gasteiger partial charge in [0.15, 0.2) is 0 Å². The van der Waals surface area contributed by atoms with E-state index >= 15 is 0 Å². The quantitative estimate of drug-likeness (QED) is 0.623. The molecule has 0 radical (unpaired) electrons. The first-order valence-corrected chi connectivity index (χ1v) is 9.34. The third-order valence-electron chi connectivity index (χ3n) is 4.14. The molecule has 3 aromatic rings. The van der Waals surface area contributed by atoms with Crippen molar-refractivity contribution in [2.24, 2.45) is 0 Å². The Hall–Kier alpha value is -3.41. The van der Waals surface area contributed by atoms with Gasteiger partial charge in [0.25, 0.3) is 5.91 Å². The molecule has 0 saturated carbocycles. The van der Waals surface area contributed by atoms with Gasteiger partial charge in [-0.05, 0) is 56.2 Å². The third-order valence-corrected chi connectivity index (χ3v) is 4.14. The second-order valence-electron chi connectivity index (χ2n) is 6.28. The Morgan fingerprint density at radius 2 is 1.79 bits per heavy atom. The summed E-state index contributed by atoms with van der Waals surface area (Å²) < 4.78 is 5.62. The monoisotopic (exact) mass is 376 g/mol. The van der Waals surface area contributed by atoms with Crippen LogP contribution in [0.15, 0.2) is 54.6 Å². The van der Waals surface area contributed by atoms with Crippen LogP contribution in [0.25, 0.3) is 0 Å². The Morgan fingerprint density at radius 3 is 2.50 bits per heavy atom. The predicted molar refractivity (Wildman–Crippen MR) is 111 cm³/mol. The highest BCUT2D eigenvalue weighted by molar-refractivity contribution is 6.03. The van der Waals surface area contributed by atoms with Crippen LogP contribution in [0.4, 0.5) is 17.3 Å². The van der Waals surface area contributed by atoms with Crippen molar-refractivity contribution in [3.05, 3.63) is 71.5 Å². The first-order valence-electron chi connectivity index (χ1n) is 9.34. The van der Waals surface area contributed by atoms with Crippen LogP contribution in [0.3, 0.4) is 0 Å². The smallest absolute Gasteiger partial charge is 0.274 e. The van der Waals surface area contributed by atoms with E-state index in [0.717, 1.165) is 17.8 Å². The number of nitrogens with one attached hydrogen (secondary N) is 2. The maximum atomic E-state index is 12.6. The van der Waals surface area contributed by atoms with Crippen molar-refractivity contribution in [2.45, 2.75) is 27.2 Å². The van der Waals surface area contributed by atoms with Crippen molar-refractivity contribution in [3.8, 4) is 5.75 Å². The zero-order valence-corrected chi connectivity index (χ0v) is 16.3. The van der Waals surface area contributed by atoms with Crippen LogP contribution >= 0.6 is 0 Å². The topological polar surface area (TPSA) is 76.1 Å². The van der Waals surface area contributed by atoms with Gasteiger partial charge in [-0.3, -0.25) is 4.79 Å². The van der Waals surface area contributed by atoms with E-state index in [1.54, 1.807) is 6.07 Å². The fourth-order valence-corrected chi connectivity index (χ4v) is 2.73. The minimum absolute atomic E-state index is 0.282. The predicted octanol–water partition coefficient (Wildman–Crippen LogP) is 4.74. The molecule has 28 heavy (non-hydrogen) atoms. The van der Waals surface area contributed by atoms with Gasteiger partial charge >= 0.3 is 0 Å². The Balaban J connectivity index is 1.80. The molecule has 6 nitrogen and oxygen atoms in total. The second-order valence-corrected chi connectivity index (χ2v) is 6.28. The second kappa shape index (κ2) is 8.99. The number of para-hydroxylation sites is 2. The lowest BCUT2D eigenvalue weighted by molar-refractivity contribution is 0.102. The highest BCUT2D eigenvalue weighted by Gasteiger charge is 2.12. The van der Waals surface area contributed by atoms with E-state index in [-0.39, 0.29) is 5.91 Å². The Bertz CT molecular complexity index is 955. The number of aryl methyl sites for hydroxylation is 2. The van der Waals surface area contributed by atoms with Crippen LogP contribution in [0.2, 0.25) is 0 Å². The van der Waals surface area contributed by atoms with Gasteiger partial charge in [-0.2, -0.15) is 0 Å². The van der Waals surface area contributed by atoms with Crippen LogP contribution in [0.1, 0.15) is 35.6 Å². The Labute approximate surface area is 165 Å². The summed E-state index contributed by atoms with van der Waals surface area (Å²) in [4.78, 5) is 21.4. The minimum Gasteiger partial charge on any atom is -0.492 e. The molecule has 0 bridgehead atoms. The zero-order chi connectivity index (χ0) is 19.9. The molecule has 0 aliphatic heterocycles. The standard InChI is InChI=1S/C22H24N4O2/c1-4-16-10-12-17(13-11-16)24-21(27)19-14-15(3)23-22(26-19)25-18-8-6-7-9-20(18)28-5-2/h6-14H,4-5H2,1-3H3,(H,24,27)(H,23,25,26). The molecule has 0 spiro atoms. The van der Waals surface area contributed by atoms with E-state index in [9.17, 15) is 4.79 Å². The van der Waals surface area contributed by atoms with Gasteiger partial charge in [0.2, 0.25) is 5.95 Å².